The number of carbonyl (C=O) groups excluding carboxylic acids is 1. The molecule has 0 bridgehead atoms. The van der Waals surface area contributed by atoms with Gasteiger partial charge in [0.2, 0.25) is 5.91 Å². The molecule has 1 rings (SSSR count). The molecule has 0 aliphatic heterocycles. The monoisotopic (exact) mass is 248 g/mol. The zero-order valence-electron chi connectivity index (χ0n) is 11.6. The van der Waals surface area contributed by atoms with Gasteiger partial charge in [-0.2, -0.15) is 0 Å². The van der Waals surface area contributed by atoms with Crippen LogP contribution in [0.2, 0.25) is 0 Å². The van der Waals surface area contributed by atoms with Gasteiger partial charge in [0, 0.05) is 12.0 Å². The van der Waals surface area contributed by atoms with Crippen molar-refractivity contribution in [1.82, 2.24) is 10.6 Å². The Labute approximate surface area is 110 Å². The molecule has 0 heterocycles. The molecule has 3 nitrogen and oxygen atoms in total. The van der Waals surface area contributed by atoms with Gasteiger partial charge in [0.25, 0.3) is 0 Å². The summed E-state index contributed by atoms with van der Waals surface area (Å²) in [6.07, 6.45) is 1.04. The van der Waals surface area contributed by atoms with Gasteiger partial charge in [0.1, 0.15) is 0 Å². The Morgan fingerprint density at radius 2 is 1.89 bits per heavy atom. The van der Waals surface area contributed by atoms with Crippen LogP contribution >= 0.6 is 0 Å². The number of nitrogens with one attached hydrogen (secondary N) is 2. The molecule has 0 radical (unpaired) electrons. The molecule has 0 fully saturated rings. The second kappa shape index (κ2) is 7.17. The van der Waals surface area contributed by atoms with Gasteiger partial charge < -0.3 is 10.6 Å². The first-order chi connectivity index (χ1) is 8.56. The molecule has 0 saturated carbocycles. The Morgan fingerprint density at radius 1 is 1.22 bits per heavy atom. The van der Waals surface area contributed by atoms with Crippen LogP contribution in [0.5, 0.6) is 0 Å². The second-order valence-corrected chi connectivity index (χ2v) is 5.20. The van der Waals surface area contributed by atoms with Crippen molar-refractivity contribution in [2.45, 2.75) is 32.6 Å². The van der Waals surface area contributed by atoms with Crippen LogP contribution in [0.15, 0.2) is 30.3 Å². The lowest BCUT2D eigenvalue weighted by molar-refractivity contribution is -0.120. The first kappa shape index (κ1) is 14.7. The van der Waals surface area contributed by atoms with Crippen molar-refractivity contribution in [1.29, 1.82) is 0 Å². The topological polar surface area (TPSA) is 41.1 Å². The Bertz CT molecular complexity index is 360. The zero-order chi connectivity index (χ0) is 13.4. The summed E-state index contributed by atoms with van der Waals surface area (Å²) in [5.74, 6) is 0.0625. The molecule has 0 aliphatic carbocycles. The van der Waals surface area contributed by atoms with Crippen LogP contribution in [0.25, 0.3) is 0 Å². The quantitative estimate of drug-likeness (QED) is 0.725. The van der Waals surface area contributed by atoms with Crippen molar-refractivity contribution in [3.63, 3.8) is 0 Å². The minimum absolute atomic E-state index is 0.0400. The van der Waals surface area contributed by atoms with Gasteiger partial charge in [-0.3, -0.25) is 4.79 Å². The highest BCUT2D eigenvalue weighted by atomic mass is 16.1. The summed E-state index contributed by atoms with van der Waals surface area (Å²) in [5, 5.41) is 6.08. The van der Waals surface area contributed by atoms with E-state index in [4.69, 9.17) is 0 Å². The van der Waals surface area contributed by atoms with Crippen molar-refractivity contribution in [3.8, 4) is 0 Å². The highest BCUT2D eigenvalue weighted by Gasteiger charge is 2.20. The van der Waals surface area contributed by atoms with Crippen LogP contribution in [0, 0.1) is 0 Å². The van der Waals surface area contributed by atoms with Crippen molar-refractivity contribution in [2.24, 2.45) is 0 Å². The van der Waals surface area contributed by atoms with Gasteiger partial charge in [-0.05, 0) is 18.5 Å². The Balaban J connectivity index is 2.40. The molecule has 0 aromatic heterocycles. The maximum atomic E-state index is 11.6. The molecule has 0 spiro atoms. The Hall–Kier alpha value is -1.35. The van der Waals surface area contributed by atoms with E-state index in [0.717, 1.165) is 13.0 Å². The second-order valence-electron chi connectivity index (χ2n) is 5.20. The van der Waals surface area contributed by atoms with E-state index >= 15 is 0 Å². The van der Waals surface area contributed by atoms with E-state index in [1.54, 1.807) is 0 Å². The largest absolute Gasteiger partial charge is 0.354 e. The molecule has 0 unspecified atom stereocenters. The van der Waals surface area contributed by atoms with Crippen molar-refractivity contribution in [2.75, 3.05) is 19.6 Å². The first-order valence-electron chi connectivity index (χ1n) is 6.59. The SMILES string of the molecule is CCCNCC(=O)NCC(C)(C)c1ccccc1. The molecule has 18 heavy (non-hydrogen) atoms. The van der Waals surface area contributed by atoms with Gasteiger partial charge in [-0.1, -0.05) is 51.1 Å². The minimum Gasteiger partial charge on any atom is -0.354 e. The van der Waals surface area contributed by atoms with E-state index in [0.29, 0.717) is 13.1 Å². The number of hydrogen-bond acceptors (Lipinski definition) is 2. The predicted molar refractivity (Wildman–Crippen MR) is 75.6 cm³/mol. The fourth-order valence-corrected chi connectivity index (χ4v) is 1.75. The standard InChI is InChI=1S/C15H24N2O/c1-4-10-16-11-14(18)17-12-15(2,3)13-8-6-5-7-9-13/h5-9,16H,4,10-12H2,1-3H3,(H,17,18). The third-order valence-corrected chi connectivity index (χ3v) is 3.00. The van der Waals surface area contributed by atoms with Gasteiger partial charge in [-0.15, -0.1) is 0 Å². The van der Waals surface area contributed by atoms with E-state index in [1.807, 2.05) is 18.2 Å². The highest BCUT2D eigenvalue weighted by molar-refractivity contribution is 5.78. The average molecular weight is 248 g/mol. The zero-order valence-corrected chi connectivity index (χ0v) is 11.6. The lowest BCUT2D eigenvalue weighted by Gasteiger charge is -2.25. The first-order valence-corrected chi connectivity index (χ1v) is 6.59. The number of benzene rings is 1. The lowest BCUT2D eigenvalue weighted by atomic mass is 9.84. The summed E-state index contributed by atoms with van der Waals surface area (Å²) in [6.45, 7) is 8.31. The van der Waals surface area contributed by atoms with Gasteiger partial charge in [-0.25, -0.2) is 0 Å². The minimum atomic E-state index is -0.0400. The average Bonchev–Trinajstić information content (AvgIpc) is 2.38. The molecule has 0 saturated heterocycles. The lowest BCUT2D eigenvalue weighted by Crippen LogP contribution is -2.41. The molecule has 1 amide bonds. The van der Waals surface area contributed by atoms with E-state index in [-0.39, 0.29) is 11.3 Å². The van der Waals surface area contributed by atoms with Crippen LogP contribution in [0.4, 0.5) is 0 Å². The van der Waals surface area contributed by atoms with Crippen molar-refractivity contribution >= 4 is 5.91 Å². The van der Waals surface area contributed by atoms with Crippen LogP contribution in [0.1, 0.15) is 32.8 Å². The molecule has 1 aromatic rings. The Kier molecular flexibility index (Phi) is 5.86. The summed E-state index contributed by atoms with van der Waals surface area (Å²) >= 11 is 0. The van der Waals surface area contributed by atoms with E-state index in [2.05, 4.69) is 43.5 Å². The molecule has 3 heteroatoms. The molecule has 1 aromatic carbocycles. The highest BCUT2D eigenvalue weighted by Crippen LogP contribution is 2.21. The van der Waals surface area contributed by atoms with Crippen molar-refractivity contribution in [3.05, 3.63) is 35.9 Å². The van der Waals surface area contributed by atoms with Crippen LogP contribution in [-0.4, -0.2) is 25.5 Å². The summed E-state index contributed by atoms with van der Waals surface area (Å²) < 4.78 is 0. The summed E-state index contributed by atoms with van der Waals surface area (Å²) in [7, 11) is 0. The van der Waals surface area contributed by atoms with Crippen LogP contribution in [-0.2, 0) is 10.2 Å². The van der Waals surface area contributed by atoms with E-state index in [1.165, 1.54) is 5.56 Å². The number of amides is 1. The van der Waals surface area contributed by atoms with Crippen molar-refractivity contribution < 1.29 is 4.79 Å². The predicted octanol–water partition coefficient (Wildman–Crippen LogP) is 2.08. The molecule has 0 atom stereocenters. The normalized spacial score (nSPS) is 11.3. The molecule has 2 N–H and O–H groups in total. The third-order valence-electron chi connectivity index (χ3n) is 3.00. The van der Waals surface area contributed by atoms with E-state index in [9.17, 15) is 4.79 Å². The summed E-state index contributed by atoms with van der Waals surface area (Å²) in [4.78, 5) is 11.6. The molecular weight excluding hydrogens is 224 g/mol. The van der Waals surface area contributed by atoms with E-state index < -0.39 is 0 Å². The number of rotatable bonds is 7. The molecule has 100 valence electrons. The van der Waals surface area contributed by atoms with Crippen LogP contribution < -0.4 is 10.6 Å². The van der Waals surface area contributed by atoms with Gasteiger partial charge >= 0.3 is 0 Å². The smallest absolute Gasteiger partial charge is 0.233 e. The van der Waals surface area contributed by atoms with Gasteiger partial charge in [0.05, 0.1) is 6.54 Å². The third kappa shape index (κ3) is 4.88. The van der Waals surface area contributed by atoms with Gasteiger partial charge in [0.15, 0.2) is 0 Å². The molecular formula is C15H24N2O. The maximum absolute atomic E-state index is 11.6. The maximum Gasteiger partial charge on any atom is 0.233 e. The molecule has 0 aliphatic rings. The number of hydrogen-bond donors (Lipinski definition) is 2. The van der Waals surface area contributed by atoms with Crippen LogP contribution in [0.3, 0.4) is 0 Å². The fourth-order valence-electron chi connectivity index (χ4n) is 1.75. The Morgan fingerprint density at radius 3 is 2.50 bits per heavy atom. The fraction of sp³-hybridized carbons (Fsp3) is 0.533. The summed E-state index contributed by atoms with van der Waals surface area (Å²) in [6, 6.07) is 10.3. The number of carbonyl (C=O) groups is 1. The summed E-state index contributed by atoms with van der Waals surface area (Å²) in [5.41, 5.74) is 1.20.